The van der Waals surface area contributed by atoms with E-state index >= 15 is 0 Å². The van der Waals surface area contributed by atoms with Crippen LogP contribution in [0.5, 0.6) is 0 Å². The summed E-state index contributed by atoms with van der Waals surface area (Å²) >= 11 is 0. The van der Waals surface area contributed by atoms with E-state index in [1.165, 1.54) is 9.70 Å². The van der Waals surface area contributed by atoms with Gasteiger partial charge in [0.1, 0.15) is 13.1 Å². The first-order chi connectivity index (χ1) is 11.0. The van der Waals surface area contributed by atoms with Crippen molar-refractivity contribution in [1.82, 2.24) is 25.1 Å². The van der Waals surface area contributed by atoms with Crippen LogP contribution < -0.4 is 0 Å². The summed E-state index contributed by atoms with van der Waals surface area (Å²) in [4.78, 5) is 25.4. The Morgan fingerprint density at radius 1 is 1.26 bits per heavy atom. The Hall–Kier alpha value is -2.77. The lowest BCUT2D eigenvalue weighted by molar-refractivity contribution is -0.144. The molecule has 0 bridgehead atoms. The number of carboxylic acids is 1. The van der Waals surface area contributed by atoms with Crippen LogP contribution in [0.2, 0.25) is 0 Å². The highest BCUT2D eigenvalue weighted by Crippen LogP contribution is 2.13. The Labute approximate surface area is 133 Å². The van der Waals surface area contributed by atoms with E-state index in [0.717, 1.165) is 11.1 Å². The SMILES string of the molecule is CCCN(CC(=O)O)C(=O)Cn1nnc(-c2ccc(C)cc2)n1. The molecule has 0 atom stereocenters. The summed E-state index contributed by atoms with van der Waals surface area (Å²) in [5.41, 5.74) is 1.94. The molecule has 1 aromatic carbocycles. The first-order valence-corrected chi connectivity index (χ1v) is 7.34. The number of rotatable bonds is 7. The van der Waals surface area contributed by atoms with Gasteiger partial charge in [-0.2, -0.15) is 4.80 Å². The second kappa shape index (κ2) is 7.48. The number of aromatic nitrogens is 4. The number of nitrogens with zero attached hydrogens (tertiary/aromatic N) is 5. The lowest BCUT2D eigenvalue weighted by Gasteiger charge is -2.19. The van der Waals surface area contributed by atoms with Crippen molar-refractivity contribution in [3.8, 4) is 11.4 Å². The van der Waals surface area contributed by atoms with Crippen LogP contribution >= 0.6 is 0 Å². The zero-order chi connectivity index (χ0) is 16.8. The average molecular weight is 317 g/mol. The molecule has 1 N–H and O–H groups in total. The van der Waals surface area contributed by atoms with Gasteiger partial charge in [0, 0.05) is 12.1 Å². The van der Waals surface area contributed by atoms with E-state index in [9.17, 15) is 9.59 Å². The number of hydrogen-bond acceptors (Lipinski definition) is 5. The van der Waals surface area contributed by atoms with E-state index in [4.69, 9.17) is 5.11 Å². The number of benzene rings is 1. The van der Waals surface area contributed by atoms with Crippen molar-refractivity contribution in [3.63, 3.8) is 0 Å². The maximum atomic E-state index is 12.2. The predicted molar refractivity (Wildman–Crippen MR) is 82.5 cm³/mol. The molecule has 0 aliphatic heterocycles. The smallest absolute Gasteiger partial charge is 0.323 e. The molecule has 0 fully saturated rings. The Morgan fingerprint density at radius 2 is 1.96 bits per heavy atom. The van der Waals surface area contributed by atoms with Crippen molar-refractivity contribution in [1.29, 1.82) is 0 Å². The minimum Gasteiger partial charge on any atom is -0.480 e. The van der Waals surface area contributed by atoms with E-state index in [1.807, 2.05) is 38.1 Å². The molecule has 0 aliphatic carbocycles. The van der Waals surface area contributed by atoms with Crippen molar-refractivity contribution in [2.45, 2.75) is 26.8 Å². The van der Waals surface area contributed by atoms with E-state index in [-0.39, 0.29) is 19.0 Å². The molecular weight excluding hydrogens is 298 g/mol. The minimum atomic E-state index is -1.04. The van der Waals surface area contributed by atoms with Gasteiger partial charge in [-0.05, 0) is 18.6 Å². The maximum Gasteiger partial charge on any atom is 0.323 e. The van der Waals surface area contributed by atoms with Crippen molar-refractivity contribution < 1.29 is 14.7 Å². The molecule has 0 saturated heterocycles. The van der Waals surface area contributed by atoms with Crippen LogP contribution in [0.3, 0.4) is 0 Å². The predicted octanol–water partition coefficient (Wildman–Crippen LogP) is 0.972. The van der Waals surface area contributed by atoms with E-state index in [1.54, 1.807) is 0 Å². The summed E-state index contributed by atoms with van der Waals surface area (Å²) in [6.07, 6.45) is 0.679. The standard InChI is InChI=1S/C15H19N5O3/c1-3-8-19(10-14(22)23)13(21)9-20-17-15(16-18-20)12-6-4-11(2)5-7-12/h4-7H,3,8-10H2,1-2H3,(H,22,23). The van der Waals surface area contributed by atoms with Crippen LogP contribution in [0.25, 0.3) is 11.4 Å². The van der Waals surface area contributed by atoms with Gasteiger partial charge in [0.15, 0.2) is 0 Å². The first kappa shape index (κ1) is 16.6. The molecule has 2 rings (SSSR count). The molecule has 2 aromatic rings. The molecule has 1 amide bonds. The Bertz CT molecular complexity index is 681. The van der Waals surface area contributed by atoms with Gasteiger partial charge in [0.25, 0.3) is 0 Å². The Balaban J connectivity index is 2.06. The van der Waals surface area contributed by atoms with Crippen molar-refractivity contribution in [2.75, 3.05) is 13.1 Å². The van der Waals surface area contributed by atoms with Crippen LogP contribution in [0.4, 0.5) is 0 Å². The molecule has 0 aliphatic rings. The van der Waals surface area contributed by atoms with Crippen LogP contribution in [-0.4, -0.2) is 55.2 Å². The van der Waals surface area contributed by atoms with Gasteiger partial charge in [-0.3, -0.25) is 9.59 Å². The molecule has 8 nitrogen and oxygen atoms in total. The third-order valence-corrected chi connectivity index (χ3v) is 3.21. The zero-order valence-electron chi connectivity index (χ0n) is 13.1. The van der Waals surface area contributed by atoms with Gasteiger partial charge in [0.05, 0.1) is 0 Å². The fraction of sp³-hybridized carbons (Fsp3) is 0.400. The summed E-state index contributed by atoms with van der Waals surface area (Å²) in [5, 5.41) is 20.8. The number of tetrazole rings is 1. The molecule has 1 heterocycles. The van der Waals surface area contributed by atoms with Crippen molar-refractivity contribution in [2.24, 2.45) is 0 Å². The highest BCUT2D eigenvalue weighted by Gasteiger charge is 2.18. The van der Waals surface area contributed by atoms with Crippen molar-refractivity contribution >= 4 is 11.9 Å². The molecule has 0 radical (unpaired) electrons. The van der Waals surface area contributed by atoms with Crippen LogP contribution in [0.15, 0.2) is 24.3 Å². The summed E-state index contributed by atoms with van der Waals surface area (Å²) in [6, 6.07) is 7.65. The topological polar surface area (TPSA) is 101 Å². The number of aliphatic carboxylic acids is 1. The molecule has 23 heavy (non-hydrogen) atoms. The summed E-state index contributed by atoms with van der Waals surface area (Å²) in [6.45, 7) is 3.78. The van der Waals surface area contributed by atoms with Crippen LogP contribution in [0.1, 0.15) is 18.9 Å². The number of carboxylic acid groups (broad SMARTS) is 1. The summed E-state index contributed by atoms with van der Waals surface area (Å²) in [5.74, 6) is -0.959. The second-order valence-corrected chi connectivity index (χ2v) is 5.22. The van der Waals surface area contributed by atoms with E-state index < -0.39 is 5.97 Å². The molecule has 1 aromatic heterocycles. The first-order valence-electron chi connectivity index (χ1n) is 7.34. The molecule has 0 saturated carbocycles. The number of carbonyl (C=O) groups is 2. The Kier molecular flexibility index (Phi) is 5.40. The number of amides is 1. The van der Waals surface area contributed by atoms with Crippen LogP contribution in [0, 0.1) is 6.92 Å². The molecule has 8 heteroatoms. The largest absolute Gasteiger partial charge is 0.480 e. The van der Waals surface area contributed by atoms with Crippen molar-refractivity contribution in [3.05, 3.63) is 29.8 Å². The summed E-state index contributed by atoms with van der Waals surface area (Å²) < 4.78 is 0. The number of hydrogen-bond donors (Lipinski definition) is 1. The highest BCUT2D eigenvalue weighted by atomic mass is 16.4. The summed E-state index contributed by atoms with van der Waals surface area (Å²) in [7, 11) is 0. The molecule has 0 unspecified atom stereocenters. The molecular formula is C15H19N5O3. The number of carbonyl (C=O) groups excluding carboxylic acids is 1. The average Bonchev–Trinajstić information content (AvgIpc) is 2.95. The fourth-order valence-electron chi connectivity index (χ4n) is 2.07. The van der Waals surface area contributed by atoms with Crippen LogP contribution in [-0.2, 0) is 16.1 Å². The lowest BCUT2D eigenvalue weighted by Crippen LogP contribution is -2.38. The third-order valence-electron chi connectivity index (χ3n) is 3.21. The molecule has 122 valence electrons. The van der Waals surface area contributed by atoms with E-state index in [0.29, 0.717) is 18.8 Å². The normalized spacial score (nSPS) is 10.5. The number of aryl methyl sites for hydroxylation is 1. The zero-order valence-corrected chi connectivity index (χ0v) is 13.1. The van der Waals surface area contributed by atoms with Gasteiger partial charge >= 0.3 is 5.97 Å². The highest BCUT2D eigenvalue weighted by molar-refractivity contribution is 5.81. The fourth-order valence-corrected chi connectivity index (χ4v) is 2.07. The quantitative estimate of drug-likeness (QED) is 0.816. The second-order valence-electron chi connectivity index (χ2n) is 5.22. The maximum absolute atomic E-state index is 12.2. The third kappa shape index (κ3) is 4.60. The van der Waals surface area contributed by atoms with Gasteiger partial charge in [-0.25, -0.2) is 0 Å². The van der Waals surface area contributed by atoms with Gasteiger partial charge in [-0.15, -0.1) is 10.2 Å². The van der Waals surface area contributed by atoms with Gasteiger partial charge < -0.3 is 10.0 Å². The van der Waals surface area contributed by atoms with Gasteiger partial charge in [-0.1, -0.05) is 36.8 Å². The lowest BCUT2D eigenvalue weighted by atomic mass is 10.1. The monoisotopic (exact) mass is 317 g/mol. The van der Waals surface area contributed by atoms with Gasteiger partial charge in [0.2, 0.25) is 11.7 Å². The Morgan fingerprint density at radius 3 is 2.57 bits per heavy atom. The molecule has 0 spiro atoms. The minimum absolute atomic E-state index is 0.133. The van der Waals surface area contributed by atoms with E-state index in [2.05, 4.69) is 15.4 Å².